The van der Waals surface area contributed by atoms with Crippen LogP contribution in [0, 0.1) is 0 Å². The zero-order chi connectivity index (χ0) is 10.1. The SMILES string of the molecule is CC(C)c1cnc2nnc(CO)n2c1. The van der Waals surface area contributed by atoms with Crippen LogP contribution >= 0.6 is 0 Å². The van der Waals surface area contributed by atoms with E-state index in [0.29, 0.717) is 17.5 Å². The summed E-state index contributed by atoms with van der Waals surface area (Å²) in [5, 5.41) is 16.6. The van der Waals surface area contributed by atoms with Crippen LogP contribution in [0.25, 0.3) is 5.78 Å². The largest absolute Gasteiger partial charge is 0.388 e. The van der Waals surface area contributed by atoms with E-state index in [-0.39, 0.29) is 6.61 Å². The van der Waals surface area contributed by atoms with Gasteiger partial charge < -0.3 is 5.11 Å². The lowest BCUT2D eigenvalue weighted by atomic mass is 10.1. The van der Waals surface area contributed by atoms with E-state index in [0.717, 1.165) is 5.56 Å². The van der Waals surface area contributed by atoms with Crippen LogP contribution in [0.15, 0.2) is 12.4 Å². The lowest BCUT2D eigenvalue weighted by Crippen LogP contribution is -1.99. The highest BCUT2D eigenvalue weighted by Gasteiger charge is 2.07. The molecule has 14 heavy (non-hydrogen) atoms. The van der Waals surface area contributed by atoms with Gasteiger partial charge in [0, 0.05) is 12.4 Å². The summed E-state index contributed by atoms with van der Waals surface area (Å²) in [6.07, 6.45) is 3.70. The number of aliphatic hydroxyl groups is 1. The minimum atomic E-state index is -0.121. The number of aliphatic hydroxyl groups excluding tert-OH is 1. The highest BCUT2D eigenvalue weighted by Crippen LogP contribution is 2.13. The molecule has 0 saturated carbocycles. The van der Waals surface area contributed by atoms with Crippen LogP contribution in [-0.4, -0.2) is 24.7 Å². The maximum atomic E-state index is 9.00. The van der Waals surface area contributed by atoms with Gasteiger partial charge in [0.05, 0.1) is 0 Å². The zero-order valence-corrected chi connectivity index (χ0v) is 8.18. The van der Waals surface area contributed by atoms with Crippen molar-refractivity contribution in [2.24, 2.45) is 0 Å². The van der Waals surface area contributed by atoms with Gasteiger partial charge in [0.1, 0.15) is 6.61 Å². The Labute approximate surface area is 81.4 Å². The second-order valence-corrected chi connectivity index (χ2v) is 3.49. The molecule has 2 heterocycles. The first-order valence-corrected chi connectivity index (χ1v) is 4.52. The van der Waals surface area contributed by atoms with Gasteiger partial charge in [-0.3, -0.25) is 4.40 Å². The van der Waals surface area contributed by atoms with Gasteiger partial charge in [-0.15, -0.1) is 10.2 Å². The van der Waals surface area contributed by atoms with Gasteiger partial charge in [-0.05, 0) is 11.5 Å². The molecule has 0 aliphatic carbocycles. The second-order valence-electron chi connectivity index (χ2n) is 3.49. The molecule has 74 valence electrons. The van der Waals surface area contributed by atoms with Crippen LogP contribution in [-0.2, 0) is 6.61 Å². The third-order valence-corrected chi connectivity index (χ3v) is 2.16. The molecular formula is C9H12N4O. The van der Waals surface area contributed by atoms with Crippen molar-refractivity contribution >= 4 is 5.78 Å². The van der Waals surface area contributed by atoms with E-state index in [1.54, 1.807) is 10.6 Å². The number of rotatable bonds is 2. The van der Waals surface area contributed by atoms with Gasteiger partial charge in [-0.1, -0.05) is 13.8 Å². The van der Waals surface area contributed by atoms with Gasteiger partial charge in [0.15, 0.2) is 5.82 Å². The Morgan fingerprint density at radius 3 is 2.86 bits per heavy atom. The fourth-order valence-electron chi connectivity index (χ4n) is 1.26. The van der Waals surface area contributed by atoms with E-state index in [1.165, 1.54) is 0 Å². The van der Waals surface area contributed by atoms with Gasteiger partial charge in [-0.2, -0.15) is 0 Å². The molecule has 0 bridgehead atoms. The summed E-state index contributed by atoms with van der Waals surface area (Å²) in [6.45, 7) is 4.06. The molecule has 1 N–H and O–H groups in total. The Morgan fingerprint density at radius 1 is 1.43 bits per heavy atom. The molecule has 5 nitrogen and oxygen atoms in total. The number of fused-ring (bicyclic) bond motifs is 1. The molecule has 0 unspecified atom stereocenters. The third-order valence-electron chi connectivity index (χ3n) is 2.16. The summed E-state index contributed by atoms with van der Waals surface area (Å²) in [5.41, 5.74) is 1.10. The Morgan fingerprint density at radius 2 is 2.21 bits per heavy atom. The number of nitrogens with zero attached hydrogens (tertiary/aromatic N) is 4. The van der Waals surface area contributed by atoms with Gasteiger partial charge in [-0.25, -0.2) is 4.98 Å². The fraction of sp³-hybridized carbons (Fsp3) is 0.444. The summed E-state index contributed by atoms with van der Waals surface area (Å²) in [4.78, 5) is 4.15. The van der Waals surface area contributed by atoms with E-state index in [1.807, 2.05) is 6.20 Å². The van der Waals surface area contributed by atoms with Gasteiger partial charge >= 0.3 is 0 Å². The van der Waals surface area contributed by atoms with Crippen molar-refractivity contribution in [3.63, 3.8) is 0 Å². The standard InChI is InChI=1S/C9H12N4O/c1-6(2)7-3-10-9-12-11-8(5-14)13(9)4-7/h3-4,6,14H,5H2,1-2H3. The normalized spacial score (nSPS) is 11.4. The average molecular weight is 192 g/mol. The molecule has 2 rings (SSSR count). The van der Waals surface area contributed by atoms with Crippen LogP contribution in [0.3, 0.4) is 0 Å². The maximum Gasteiger partial charge on any atom is 0.255 e. The Balaban J connectivity index is 2.61. The van der Waals surface area contributed by atoms with Gasteiger partial charge in [0.2, 0.25) is 0 Å². The van der Waals surface area contributed by atoms with Crippen molar-refractivity contribution in [3.8, 4) is 0 Å². The van der Waals surface area contributed by atoms with E-state index in [2.05, 4.69) is 29.0 Å². The minimum absolute atomic E-state index is 0.121. The summed E-state index contributed by atoms with van der Waals surface area (Å²) >= 11 is 0. The molecule has 0 aliphatic rings. The molecule has 0 saturated heterocycles. The molecule has 0 amide bonds. The molecule has 2 aromatic heterocycles. The van der Waals surface area contributed by atoms with Crippen molar-refractivity contribution in [2.45, 2.75) is 26.4 Å². The molecule has 0 spiro atoms. The number of aromatic nitrogens is 4. The molecule has 2 aromatic rings. The fourth-order valence-corrected chi connectivity index (χ4v) is 1.26. The first-order valence-electron chi connectivity index (χ1n) is 4.52. The van der Waals surface area contributed by atoms with Crippen LogP contribution < -0.4 is 0 Å². The molecule has 0 radical (unpaired) electrons. The van der Waals surface area contributed by atoms with Crippen molar-refractivity contribution in [2.75, 3.05) is 0 Å². The zero-order valence-electron chi connectivity index (χ0n) is 8.18. The van der Waals surface area contributed by atoms with E-state index in [4.69, 9.17) is 5.11 Å². The van der Waals surface area contributed by atoms with E-state index < -0.39 is 0 Å². The number of hydrogen-bond donors (Lipinski definition) is 1. The minimum Gasteiger partial charge on any atom is -0.388 e. The summed E-state index contributed by atoms with van der Waals surface area (Å²) in [5.74, 6) is 1.45. The molecule has 5 heteroatoms. The molecule has 0 aromatic carbocycles. The molecular weight excluding hydrogens is 180 g/mol. The van der Waals surface area contributed by atoms with Crippen LogP contribution in [0.1, 0.15) is 31.2 Å². The van der Waals surface area contributed by atoms with Crippen LogP contribution in [0.4, 0.5) is 0 Å². The smallest absolute Gasteiger partial charge is 0.255 e. The lowest BCUT2D eigenvalue weighted by Gasteiger charge is -2.04. The predicted octanol–water partition coefficient (Wildman–Crippen LogP) is 0.740. The predicted molar refractivity (Wildman–Crippen MR) is 50.8 cm³/mol. The Hall–Kier alpha value is -1.49. The summed E-state index contributed by atoms with van der Waals surface area (Å²) in [7, 11) is 0. The van der Waals surface area contributed by atoms with Crippen molar-refractivity contribution in [1.82, 2.24) is 19.6 Å². The van der Waals surface area contributed by atoms with Crippen molar-refractivity contribution in [3.05, 3.63) is 23.8 Å². The molecule has 0 atom stereocenters. The van der Waals surface area contributed by atoms with E-state index >= 15 is 0 Å². The summed E-state index contributed by atoms with van der Waals surface area (Å²) < 4.78 is 1.72. The lowest BCUT2D eigenvalue weighted by molar-refractivity contribution is 0.270. The Bertz CT molecular complexity index is 449. The van der Waals surface area contributed by atoms with Crippen molar-refractivity contribution in [1.29, 1.82) is 0 Å². The maximum absolute atomic E-state index is 9.00. The van der Waals surface area contributed by atoms with E-state index in [9.17, 15) is 0 Å². The highest BCUT2D eigenvalue weighted by atomic mass is 16.3. The topological polar surface area (TPSA) is 63.3 Å². The monoisotopic (exact) mass is 192 g/mol. The van der Waals surface area contributed by atoms with Crippen LogP contribution in [0.5, 0.6) is 0 Å². The van der Waals surface area contributed by atoms with Gasteiger partial charge in [0.25, 0.3) is 5.78 Å². The third kappa shape index (κ3) is 1.35. The summed E-state index contributed by atoms with van der Waals surface area (Å²) in [6, 6.07) is 0. The first kappa shape index (κ1) is 9.08. The molecule has 0 aliphatic heterocycles. The van der Waals surface area contributed by atoms with Crippen molar-refractivity contribution < 1.29 is 5.11 Å². The first-order chi connectivity index (χ1) is 6.72. The Kier molecular flexibility index (Phi) is 2.17. The van der Waals surface area contributed by atoms with Crippen LogP contribution in [0.2, 0.25) is 0 Å². The average Bonchev–Trinajstić information content (AvgIpc) is 2.59. The molecule has 0 fully saturated rings. The quantitative estimate of drug-likeness (QED) is 0.762. The highest BCUT2D eigenvalue weighted by molar-refractivity contribution is 5.29. The number of hydrogen-bond acceptors (Lipinski definition) is 4. The second kappa shape index (κ2) is 3.34.